The zero-order valence-electron chi connectivity index (χ0n) is 15.5. The van der Waals surface area contributed by atoms with Gasteiger partial charge in [0.25, 0.3) is 5.91 Å². The Balaban J connectivity index is 1.65. The molecule has 0 saturated carbocycles. The van der Waals surface area contributed by atoms with Crippen molar-refractivity contribution < 1.29 is 18.0 Å². The van der Waals surface area contributed by atoms with Gasteiger partial charge in [-0.25, -0.2) is 4.68 Å². The summed E-state index contributed by atoms with van der Waals surface area (Å²) in [5, 5.41) is 7.46. The fourth-order valence-electron chi connectivity index (χ4n) is 4.07. The Morgan fingerprint density at radius 3 is 2.89 bits per heavy atom. The summed E-state index contributed by atoms with van der Waals surface area (Å²) in [5.41, 5.74) is 0.971. The lowest BCUT2D eigenvalue weighted by atomic mass is 10.0. The van der Waals surface area contributed by atoms with E-state index in [2.05, 4.69) is 15.4 Å². The van der Waals surface area contributed by atoms with Crippen molar-refractivity contribution in [2.24, 2.45) is 0 Å². The molecule has 0 radical (unpaired) electrons. The molecule has 0 aliphatic carbocycles. The average Bonchev–Trinajstić information content (AvgIpc) is 3.32. The average molecular weight is 393 g/mol. The smallest absolute Gasteiger partial charge is 0.367 e. The van der Waals surface area contributed by atoms with Crippen LogP contribution in [-0.4, -0.2) is 44.3 Å². The second-order valence-electron chi connectivity index (χ2n) is 7.34. The Bertz CT molecular complexity index is 851. The number of alkyl halides is 3. The highest BCUT2D eigenvalue weighted by atomic mass is 19.4. The number of rotatable bonds is 3. The third-order valence-electron chi connectivity index (χ3n) is 5.54. The molecule has 0 aromatic carbocycles. The van der Waals surface area contributed by atoms with Gasteiger partial charge in [0.1, 0.15) is 5.82 Å². The van der Waals surface area contributed by atoms with Gasteiger partial charge in [-0.1, -0.05) is 6.92 Å². The number of likely N-dealkylation sites (tertiary alicyclic amines) is 1. The number of pyridine rings is 1. The molecule has 0 unspecified atom stereocenters. The number of nitrogens with zero attached hydrogens (tertiary/aromatic N) is 4. The van der Waals surface area contributed by atoms with Crippen molar-refractivity contribution in [3.05, 3.63) is 41.9 Å². The Labute approximate surface area is 160 Å². The number of fused-ring (bicyclic) bond motifs is 1. The predicted octanol–water partition coefficient (Wildman–Crippen LogP) is 3.95. The number of halogens is 3. The SMILES string of the molecule is CC[C@@H]1C[C@H](C(F)(F)F)n2nc([C@H]3CCCN3C(=O)c3cccnc3)cc2N1. The minimum absolute atomic E-state index is 0.0445. The zero-order valence-corrected chi connectivity index (χ0v) is 15.5. The standard InChI is InChI=1S/C19H22F3N5O/c1-2-13-9-16(19(20,21)22)27-17(24-13)10-14(25-27)15-6-4-8-26(15)18(28)12-5-3-7-23-11-12/h3,5,7,10-11,13,15-16,24H,2,4,6,8-9H2,1H3/t13-,15-,16-/m1/s1. The summed E-state index contributed by atoms with van der Waals surface area (Å²) in [4.78, 5) is 18.5. The fraction of sp³-hybridized carbons (Fsp3) is 0.526. The summed E-state index contributed by atoms with van der Waals surface area (Å²) >= 11 is 0. The molecule has 1 N–H and O–H groups in total. The summed E-state index contributed by atoms with van der Waals surface area (Å²) in [6, 6.07) is 2.82. The van der Waals surface area contributed by atoms with E-state index in [4.69, 9.17) is 0 Å². The van der Waals surface area contributed by atoms with Crippen molar-refractivity contribution in [2.45, 2.75) is 56.9 Å². The van der Waals surface area contributed by atoms with Crippen LogP contribution in [0.15, 0.2) is 30.6 Å². The van der Waals surface area contributed by atoms with Gasteiger partial charge in [0.15, 0.2) is 6.04 Å². The largest absolute Gasteiger partial charge is 0.410 e. The minimum Gasteiger partial charge on any atom is -0.367 e. The first-order valence-electron chi connectivity index (χ1n) is 9.52. The van der Waals surface area contributed by atoms with E-state index in [9.17, 15) is 18.0 Å². The van der Waals surface area contributed by atoms with Gasteiger partial charge in [0.2, 0.25) is 0 Å². The van der Waals surface area contributed by atoms with E-state index < -0.39 is 12.2 Å². The number of hydrogen-bond donors (Lipinski definition) is 1. The van der Waals surface area contributed by atoms with Crippen molar-refractivity contribution in [3.8, 4) is 0 Å². The van der Waals surface area contributed by atoms with Crippen molar-refractivity contribution in [1.82, 2.24) is 19.7 Å². The van der Waals surface area contributed by atoms with Gasteiger partial charge in [0, 0.05) is 31.0 Å². The molecule has 0 spiro atoms. The highest BCUT2D eigenvalue weighted by Gasteiger charge is 2.46. The van der Waals surface area contributed by atoms with Gasteiger partial charge in [0.05, 0.1) is 17.3 Å². The summed E-state index contributed by atoms with van der Waals surface area (Å²) in [6.45, 7) is 2.41. The van der Waals surface area contributed by atoms with Gasteiger partial charge in [-0.2, -0.15) is 18.3 Å². The van der Waals surface area contributed by atoms with E-state index in [0.29, 0.717) is 36.5 Å². The van der Waals surface area contributed by atoms with Crippen molar-refractivity contribution in [3.63, 3.8) is 0 Å². The van der Waals surface area contributed by atoms with Crippen LogP contribution in [-0.2, 0) is 0 Å². The van der Waals surface area contributed by atoms with Crippen LogP contribution in [0, 0.1) is 0 Å². The molecule has 3 atom stereocenters. The molecular weight excluding hydrogens is 371 g/mol. The number of hydrogen-bond acceptors (Lipinski definition) is 4. The molecule has 4 rings (SSSR count). The Kier molecular flexibility index (Phi) is 4.76. The van der Waals surface area contributed by atoms with E-state index in [1.54, 1.807) is 29.3 Å². The summed E-state index contributed by atoms with van der Waals surface area (Å²) in [6.07, 6.45) is 0.744. The summed E-state index contributed by atoms with van der Waals surface area (Å²) < 4.78 is 41.8. The molecule has 1 saturated heterocycles. The van der Waals surface area contributed by atoms with Gasteiger partial charge in [-0.15, -0.1) is 0 Å². The van der Waals surface area contributed by atoms with E-state index in [-0.39, 0.29) is 24.4 Å². The van der Waals surface area contributed by atoms with Crippen LogP contribution in [0.3, 0.4) is 0 Å². The molecule has 1 fully saturated rings. The Morgan fingerprint density at radius 1 is 1.39 bits per heavy atom. The van der Waals surface area contributed by atoms with Crippen molar-refractivity contribution >= 4 is 11.7 Å². The molecule has 2 aliphatic heterocycles. The highest BCUT2D eigenvalue weighted by molar-refractivity contribution is 5.94. The third-order valence-corrected chi connectivity index (χ3v) is 5.54. The van der Waals surface area contributed by atoms with E-state index in [1.165, 1.54) is 6.20 Å². The molecule has 4 heterocycles. The van der Waals surface area contributed by atoms with Crippen molar-refractivity contribution in [1.29, 1.82) is 0 Å². The first-order chi connectivity index (χ1) is 13.4. The normalized spacial score (nSPS) is 24.7. The Morgan fingerprint density at radius 2 is 2.21 bits per heavy atom. The van der Waals surface area contributed by atoms with Crippen LogP contribution >= 0.6 is 0 Å². The van der Waals surface area contributed by atoms with Crippen LogP contribution < -0.4 is 5.32 Å². The summed E-state index contributed by atoms with van der Waals surface area (Å²) in [7, 11) is 0. The van der Waals surface area contributed by atoms with Crippen molar-refractivity contribution in [2.75, 3.05) is 11.9 Å². The van der Waals surface area contributed by atoms with Crippen LogP contribution in [0.1, 0.15) is 60.7 Å². The summed E-state index contributed by atoms with van der Waals surface area (Å²) in [5.74, 6) is 0.199. The first kappa shape index (κ1) is 18.8. The Hall–Kier alpha value is -2.58. The van der Waals surface area contributed by atoms with Gasteiger partial charge >= 0.3 is 6.18 Å². The number of anilines is 1. The first-order valence-corrected chi connectivity index (χ1v) is 9.52. The molecule has 6 nitrogen and oxygen atoms in total. The maximum absolute atomic E-state index is 13.6. The molecular formula is C19H22F3N5O. The molecule has 2 aromatic heterocycles. The lowest BCUT2D eigenvalue weighted by molar-refractivity contribution is -0.173. The van der Waals surface area contributed by atoms with Crippen LogP contribution in [0.25, 0.3) is 0 Å². The van der Waals surface area contributed by atoms with E-state index >= 15 is 0 Å². The maximum Gasteiger partial charge on any atom is 0.410 e. The number of amides is 1. The van der Waals surface area contributed by atoms with E-state index in [1.807, 2.05) is 6.92 Å². The fourth-order valence-corrected chi connectivity index (χ4v) is 4.07. The minimum atomic E-state index is -4.37. The number of aromatic nitrogens is 3. The second kappa shape index (κ2) is 7.10. The van der Waals surface area contributed by atoms with Crippen LogP contribution in [0.2, 0.25) is 0 Å². The lowest BCUT2D eigenvalue weighted by Gasteiger charge is -2.32. The lowest BCUT2D eigenvalue weighted by Crippen LogP contribution is -2.39. The van der Waals surface area contributed by atoms with Gasteiger partial charge in [-0.3, -0.25) is 9.78 Å². The molecule has 2 aromatic rings. The zero-order chi connectivity index (χ0) is 19.9. The van der Waals surface area contributed by atoms with Gasteiger partial charge < -0.3 is 10.2 Å². The van der Waals surface area contributed by atoms with E-state index in [0.717, 1.165) is 11.1 Å². The molecule has 1 amide bonds. The maximum atomic E-state index is 13.6. The quantitative estimate of drug-likeness (QED) is 0.858. The highest BCUT2D eigenvalue weighted by Crippen LogP contribution is 2.42. The molecule has 0 bridgehead atoms. The number of carbonyl (C=O) groups excluding carboxylic acids is 1. The number of nitrogens with one attached hydrogen (secondary N) is 1. The third kappa shape index (κ3) is 3.33. The molecule has 2 aliphatic rings. The van der Waals surface area contributed by atoms with Crippen LogP contribution in [0.4, 0.5) is 19.0 Å². The van der Waals surface area contributed by atoms with Crippen LogP contribution in [0.5, 0.6) is 0 Å². The molecule has 9 heteroatoms. The topological polar surface area (TPSA) is 63.1 Å². The second-order valence-corrected chi connectivity index (χ2v) is 7.34. The van der Waals surface area contributed by atoms with Gasteiger partial charge in [-0.05, 0) is 37.8 Å². The molecule has 28 heavy (non-hydrogen) atoms. The number of carbonyl (C=O) groups is 1. The predicted molar refractivity (Wildman–Crippen MR) is 96.9 cm³/mol. The molecule has 150 valence electrons. The monoisotopic (exact) mass is 393 g/mol.